The van der Waals surface area contributed by atoms with Crippen molar-refractivity contribution in [3.63, 3.8) is 0 Å². The van der Waals surface area contributed by atoms with Crippen molar-refractivity contribution in [2.24, 2.45) is 0 Å². The van der Waals surface area contributed by atoms with E-state index >= 15 is 0 Å². The molecule has 4 N–H and O–H groups in total. The predicted molar refractivity (Wildman–Crippen MR) is 201 cm³/mol. The molecule has 13 heteroatoms. The molecule has 0 aliphatic heterocycles. The highest BCUT2D eigenvalue weighted by atomic mass is 16.5. The average Bonchev–Trinajstić information content (AvgIpc) is 3.90. The quantitative estimate of drug-likeness (QED) is 0.116. The second-order valence-electron chi connectivity index (χ2n) is 13.2. The average molecular weight is 709 g/mol. The van der Waals surface area contributed by atoms with Crippen LogP contribution in [0.4, 0.5) is 11.8 Å². The van der Waals surface area contributed by atoms with Gasteiger partial charge in [0.05, 0.1) is 12.4 Å². The van der Waals surface area contributed by atoms with Crippen molar-refractivity contribution in [2.45, 2.75) is 50.0 Å². The van der Waals surface area contributed by atoms with Crippen LogP contribution >= 0.6 is 0 Å². The smallest absolute Gasteiger partial charge is 0.226 e. The first-order valence-corrected chi connectivity index (χ1v) is 17.8. The van der Waals surface area contributed by atoms with Gasteiger partial charge in [0.2, 0.25) is 5.95 Å². The molecule has 0 amide bonds. The summed E-state index contributed by atoms with van der Waals surface area (Å²) in [5, 5.41) is 41.7. The Labute approximate surface area is 306 Å². The second kappa shape index (κ2) is 15.2. The molecule has 7 aromatic rings. The summed E-state index contributed by atoms with van der Waals surface area (Å²) < 4.78 is 7.78. The number of hydrogen-bond acceptors (Lipinski definition) is 11. The van der Waals surface area contributed by atoms with Crippen LogP contribution in [0.2, 0.25) is 0 Å². The first-order valence-electron chi connectivity index (χ1n) is 17.8. The summed E-state index contributed by atoms with van der Waals surface area (Å²) in [6.07, 6.45) is 0.514. The van der Waals surface area contributed by atoms with Crippen LogP contribution in [-0.2, 0) is 6.42 Å². The Balaban J connectivity index is 1.06. The van der Waals surface area contributed by atoms with E-state index in [9.17, 15) is 10.2 Å². The number of ether oxygens (including phenoxy) is 1. The normalized spacial score (nSPS) is 18.4. The largest absolute Gasteiger partial charge is 0.457 e. The van der Waals surface area contributed by atoms with Gasteiger partial charge in [0.25, 0.3) is 0 Å². The molecule has 1 unspecified atom stereocenters. The lowest BCUT2D eigenvalue weighted by molar-refractivity contribution is 0.00474. The minimum absolute atomic E-state index is 0.0425. The first kappa shape index (κ1) is 33.9. The summed E-state index contributed by atoms with van der Waals surface area (Å²) in [5.74, 6) is 3.07. The van der Waals surface area contributed by atoms with Crippen molar-refractivity contribution in [3.8, 4) is 11.5 Å². The number of hydrogen-bond donors (Lipinski definition) is 4. The molecule has 53 heavy (non-hydrogen) atoms. The number of fused-ring (bicyclic) bond motifs is 1. The van der Waals surface area contributed by atoms with Gasteiger partial charge in [-0.25, -0.2) is 4.98 Å². The molecule has 1 fully saturated rings. The Morgan fingerprint density at radius 2 is 1.42 bits per heavy atom. The van der Waals surface area contributed by atoms with Crippen molar-refractivity contribution >= 4 is 22.9 Å². The summed E-state index contributed by atoms with van der Waals surface area (Å²) in [7, 11) is 0. The van der Waals surface area contributed by atoms with Gasteiger partial charge in [-0.3, -0.25) is 0 Å². The molecular formula is C40H40N10O3. The monoisotopic (exact) mass is 708 g/mol. The van der Waals surface area contributed by atoms with E-state index in [1.165, 1.54) is 15.9 Å². The Bertz CT molecular complexity index is 2210. The summed E-state index contributed by atoms with van der Waals surface area (Å²) in [5.41, 5.74) is 4.56. The number of aryl methyl sites for hydroxylation is 1. The van der Waals surface area contributed by atoms with E-state index in [4.69, 9.17) is 19.7 Å². The van der Waals surface area contributed by atoms with Crippen LogP contribution in [0.5, 0.6) is 11.5 Å². The van der Waals surface area contributed by atoms with Gasteiger partial charge in [0, 0.05) is 19.0 Å². The van der Waals surface area contributed by atoms with E-state index in [2.05, 4.69) is 50.3 Å². The van der Waals surface area contributed by atoms with Crippen LogP contribution in [0.1, 0.15) is 46.9 Å². The number of aliphatic hydroxyl groups excluding tert-OH is 2. The fourth-order valence-corrected chi connectivity index (χ4v) is 6.96. The van der Waals surface area contributed by atoms with Gasteiger partial charge in [-0.15, -0.1) is 10.2 Å². The fourth-order valence-electron chi connectivity index (χ4n) is 6.96. The molecule has 1 saturated carbocycles. The maximum absolute atomic E-state index is 11.3. The third-order valence-corrected chi connectivity index (χ3v) is 9.70. The summed E-state index contributed by atoms with van der Waals surface area (Å²) in [4.78, 5) is 16.0. The minimum atomic E-state index is -1.11. The van der Waals surface area contributed by atoms with Crippen LogP contribution in [-0.4, -0.2) is 75.2 Å². The molecule has 3 aromatic heterocycles. The van der Waals surface area contributed by atoms with Gasteiger partial charge in [0.1, 0.15) is 29.7 Å². The molecule has 0 radical (unpaired) electrons. The van der Waals surface area contributed by atoms with E-state index in [0.29, 0.717) is 48.3 Å². The zero-order chi connectivity index (χ0) is 36.1. The van der Waals surface area contributed by atoms with Gasteiger partial charge in [-0.2, -0.15) is 14.8 Å². The number of para-hydroxylation sites is 1. The van der Waals surface area contributed by atoms with E-state index in [1.807, 2.05) is 95.6 Å². The van der Waals surface area contributed by atoms with Crippen molar-refractivity contribution in [3.05, 3.63) is 144 Å². The molecule has 0 bridgehead atoms. The SMILES string of the molecule is Cc1nnn(C2C[C@@H](n3cnc4c(NCC(c5ccccc5)c5ccccc5)nc(NCCc5ccc(Oc6ccccc6)cc5)nc43)[C@H](O)[C@H]2O)n1. The molecule has 268 valence electrons. The number of benzene rings is 4. The van der Waals surface area contributed by atoms with Crippen molar-refractivity contribution in [2.75, 3.05) is 23.7 Å². The summed E-state index contributed by atoms with van der Waals surface area (Å²) in [6, 6.07) is 37.4. The zero-order valence-electron chi connectivity index (χ0n) is 29.1. The molecule has 1 aliphatic rings. The second-order valence-corrected chi connectivity index (χ2v) is 13.2. The van der Waals surface area contributed by atoms with Gasteiger partial charge >= 0.3 is 0 Å². The number of aromatic nitrogens is 8. The Morgan fingerprint density at radius 1 is 0.774 bits per heavy atom. The number of nitrogens with one attached hydrogen (secondary N) is 2. The summed E-state index contributed by atoms with van der Waals surface area (Å²) >= 11 is 0. The molecule has 0 spiro atoms. The number of aliphatic hydroxyl groups is 2. The van der Waals surface area contributed by atoms with Crippen LogP contribution < -0.4 is 15.4 Å². The fraction of sp³-hybridized carbons (Fsp3) is 0.250. The van der Waals surface area contributed by atoms with E-state index in [-0.39, 0.29) is 5.92 Å². The van der Waals surface area contributed by atoms with Gasteiger partial charge in [-0.1, -0.05) is 91.0 Å². The molecule has 0 saturated heterocycles. The van der Waals surface area contributed by atoms with E-state index in [0.717, 1.165) is 23.5 Å². The Kier molecular flexibility index (Phi) is 9.73. The molecule has 4 atom stereocenters. The van der Waals surface area contributed by atoms with E-state index in [1.54, 1.807) is 13.3 Å². The lowest BCUT2D eigenvalue weighted by Gasteiger charge is -2.20. The number of tetrazole rings is 1. The predicted octanol–water partition coefficient (Wildman–Crippen LogP) is 5.72. The van der Waals surface area contributed by atoms with E-state index < -0.39 is 24.3 Å². The molecule has 8 rings (SSSR count). The third-order valence-electron chi connectivity index (χ3n) is 9.70. The first-order chi connectivity index (χ1) is 26.0. The molecular weight excluding hydrogens is 669 g/mol. The lowest BCUT2D eigenvalue weighted by Crippen LogP contribution is -2.31. The topological polar surface area (TPSA) is 161 Å². The highest BCUT2D eigenvalue weighted by molar-refractivity contribution is 5.84. The molecule has 13 nitrogen and oxygen atoms in total. The molecule has 3 heterocycles. The maximum Gasteiger partial charge on any atom is 0.226 e. The Hall–Kier alpha value is -6.18. The number of anilines is 2. The standard InChI is InChI=1S/C40H40N10O3/c1-26-46-48-50(47-26)34-23-33(36(51)37(34)52)49-25-43-35-38(42-24-32(28-11-5-2-6-12-28)29-13-7-3-8-14-29)44-40(45-39(35)49)41-22-21-27-17-19-31(20-18-27)53-30-15-9-4-10-16-30/h2-20,25,32-34,36-37,51-52H,21-24H2,1H3,(H2,41,42,44,45)/t33-,34?,36+,37+/m1/s1. The van der Waals surface area contributed by atoms with Crippen LogP contribution in [0.15, 0.2) is 122 Å². The third kappa shape index (κ3) is 7.43. The van der Waals surface area contributed by atoms with Gasteiger partial charge in [-0.05, 0) is 65.9 Å². The summed E-state index contributed by atoms with van der Waals surface area (Å²) in [6.45, 7) is 2.85. The number of rotatable bonds is 13. The van der Waals surface area contributed by atoms with Gasteiger partial charge in [0.15, 0.2) is 22.8 Å². The van der Waals surface area contributed by atoms with Crippen molar-refractivity contribution < 1.29 is 14.9 Å². The minimum Gasteiger partial charge on any atom is -0.457 e. The van der Waals surface area contributed by atoms with Crippen molar-refractivity contribution in [1.29, 1.82) is 0 Å². The number of nitrogens with zero attached hydrogens (tertiary/aromatic N) is 8. The zero-order valence-corrected chi connectivity index (χ0v) is 29.1. The molecule has 4 aromatic carbocycles. The molecule has 1 aliphatic carbocycles. The van der Waals surface area contributed by atoms with Crippen LogP contribution in [0.3, 0.4) is 0 Å². The van der Waals surface area contributed by atoms with Crippen molar-refractivity contribution in [1.82, 2.24) is 39.7 Å². The number of imidazole rings is 1. The highest BCUT2D eigenvalue weighted by Gasteiger charge is 2.45. The maximum atomic E-state index is 11.3. The van der Waals surface area contributed by atoms with Gasteiger partial charge < -0.3 is 30.2 Å². The van der Waals surface area contributed by atoms with Crippen LogP contribution in [0.25, 0.3) is 11.2 Å². The lowest BCUT2D eigenvalue weighted by atomic mass is 9.91. The highest BCUT2D eigenvalue weighted by Crippen LogP contribution is 2.39. The Morgan fingerprint density at radius 3 is 2.08 bits per heavy atom. The van der Waals surface area contributed by atoms with Crippen LogP contribution in [0, 0.1) is 6.92 Å².